The van der Waals surface area contributed by atoms with Gasteiger partial charge in [-0.1, -0.05) is 18.7 Å². The van der Waals surface area contributed by atoms with E-state index in [-0.39, 0.29) is 11.2 Å². The average Bonchev–Trinajstić information content (AvgIpc) is 2.26. The summed E-state index contributed by atoms with van der Waals surface area (Å²) >= 11 is 0. The van der Waals surface area contributed by atoms with Gasteiger partial charge in [-0.2, -0.15) is 0 Å². The SMILES string of the molecule is C=c1nc(C(F)F)nc(NN)/c1=C/C=C\C. The van der Waals surface area contributed by atoms with Gasteiger partial charge in [0, 0.05) is 5.22 Å². The van der Waals surface area contributed by atoms with Crippen molar-refractivity contribution in [1.82, 2.24) is 9.97 Å². The molecule has 0 fully saturated rings. The number of nitrogens with two attached hydrogens (primary N) is 1. The van der Waals surface area contributed by atoms with Gasteiger partial charge in [0.05, 0.1) is 5.35 Å². The highest BCUT2D eigenvalue weighted by atomic mass is 19.3. The predicted molar refractivity (Wildman–Crippen MR) is 58.9 cm³/mol. The first-order valence-electron chi connectivity index (χ1n) is 4.54. The maximum atomic E-state index is 12.4. The van der Waals surface area contributed by atoms with Crippen molar-refractivity contribution in [3.63, 3.8) is 0 Å². The van der Waals surface area contributed by atoms with Gasteiger partial charge in [-0.15, -0.1) is 0 Å². The van der Waals surface area contributed by atoms with Crippen LogP contribution in [0, 0.1) is 0 Å². The van der Waals surface area contributed by atoms with Crippen LogP contribution < -0.4 is 21.8 Å². The van der Waals surface area contributed by atoms with Gasteiger partial charge >= 0.3 is 0 Å². The molecular weight excluding hydrogens is 214 g/mol. The monoisotopic (exact) mass is 226 g/mol. The van der Waals surface area contributed by atoms with E-state index in [1.807, 2.05) is 6.92 Å². The summed E-state index contributed by atoms with van der Waals surface area (Å²) in [6.07, 6.45) is 2.40. The van der Waals surface area contributed by atoms with Crippen molar-refractivity contribution in [2.45, 2.75) is 13.3 Å². The molecule has 4 nitrogen and oxygen atoms in total. The summed E-state index contributed by atoms with van der Waals surface area (Å²) in [6.45, 7) is 5.40. The van der Waals surface area contributed by atoms with E-state index in [1.165, 1.54) is 0 Å². The molecule has 0 amide bonds. The third-order valence-electron chi connectivity index (χ3n) is 1.83. The second-order valence-electron chi connectivity index (χ2n) is 2.93. The molecule has 0 aliphatic heterocycles. The minimum absolute atomic E-state index is 0.133. The van der Waals surface area contributed by atoms with E-state index in [0.29, 0.717) is 5.22 Å². The molecule has 0 radical (unpaired) electrons. The summed E-state index contributed by atoms with van der Waals surface area (Å²) in [5, 5.41) is 0.696. The zero-order valence-corrected chi connectivity index (χ0v) is 8.74. The third kappa shape index (κ3) is 2.60. The molecule has 0 saturated heterocycles. The number of nitrogen functional groups attached to an aromatic ring is 1. The number of hydrogen-bond donors (Lipinski definition) is 2. The van der Waals surface area contributed by atoms with Crippen LogP contribution in [0.1, 0.15) is 19.2 Å². The lowest BCUT2D eigenvalue weighted by Gasteiger charge is -2.03. The van der Waals surface area contributed by atoms with E-state index in [1.54, 1.807) is 18.2 Å². The molecule has 0 spiro atoms. The number of anilines is 1. The van der Waals surface area contributed by atoms with Gasteiger partial charge < -0.3 is 5.43 Å². The van der Waals surface area contributed by atoms with Crippen molar-refractivity contribution in [2.75, 3.05) is 5.43 Å². The smallest absolute Gasteiger partial charge is 0.297 e. The highest BCUT2D eigenvalue weighted by molar-refractivity contribution is 5.47. The van der Waals surface area contributed by atoms with Crippen LogP contribution >= 0.6 is 0 Å². The first-order chi connectivity index (χ1) is 7.60. The highest BCUT2D eigenvalue weighted by Crippen LogP contribution is 2.11. The molecule has 0 bridgehead atoms. The van der Waals surface area contributed by atoms with Crippen LogP contribution in [0.4, 0.5) is 14.6 Å². The molecule has 6 heteroatoms. The number of aromatic nitrogens is 2. The molecule has 0 aliphatic rings. The molecule has 1 aromatic rings. The standard InChI is InChI=1S/C10H12F2N4/c1-3-4-5-7-6(2)14-10(8(11)12)15-9(7)16-13/h3-5,8H,2,13H2,1H3,(H,14,15,16)/b4-3-,7-5+. The van der Waals surface area contributed by atoms with Gasteiger partial charge in [-0.3, -0.25) is 0 Å². The number of nitrogens with zero attached hydrogens (tertiary/aromatic N) is 2. The molecule has 0 unspecified atom stereocenters. The summed E-state index contributed by atoms with van der Waals surface area (Å²) in [6, 6.07) is 0. The van der Waals surface area contributed by atoms with Crippen molar-refractivity contribution in [2.24, 2.45) is 5.84 Å². The Morgan fingerprint density at radius 1 is 1.44 bits per heavy atom. The fraction of sp³-hybridized carbons (Fsp3) is 0.200. The van der Waals surface area contributed by atoms with Gasteiger partial charge in [0.2, 0.25) is 0 Å². The molecule has 0 saturated carbocycles. The quantitative estimate of drug-likeness (QED) is 0.581. The number of rotatable bonds is 3. The van der Waals surface area contributed by atoms with Gasteiger partial charge in [-0.25, -0.2) is 24.6 Å². The van der Waals surface area contributed by atoms with Crippen molar-refractivity contribution in [3.8, 4) is 0 Å². The number of alkyl halides is 2. The maximum Gasteiger partial charge on any atom is 0.297 e. The summed E-state index contributed by atoms with van der Waals surface area (Å²) in [5.74, 6) is 4.75. The summed E-state index contributed by atoms with van der Waals surface area (Å²) < 4.78 is 24.8. The first-order valence-corrected chi connectivity index (χ1v) is 4.54. The van der Waals surface area contributed by atoms with Gasteiger partial charge in [0.1, 0.15) is 0 Å². The summed E-state index contributed by atoms with van der Waals surface area (Å²) in [7, 11) is 0. The average molecular weight is 226 g/mol. The number of hydrazine groups is 1. The maximum absolute atomic E-state index is 12.4. The number of allylic oxidation sites excluding steroid dienone is 2. The molecule has 86 valence electrons. The predicted octanol–water partition coefficient (Wildman–Crippen LogP) is 0.467. The van der Waals surface area contributed by atoms with Crippen LogP contribution in [0.2, 0.25) is 0 Å². The Hall–Kier alpha value is -1.82. The van der Waals surface area contributed by atoms with Crippen molar-refractivity contribution in [1.29, 1.82) is 0 Å². The molecule has 16 heavy (non-hydrogen) atoms. The van der Waals surface area contributed by atoms with E-state index < -0.39 is 12.2 Å². The largest absolute Gasteiger partial charge is 0.308 e. The molecule has 1 aromatic heterocycles. The zero-order chi connectivity index (χ0) is 12.1. The van der Waals surface area contributed by atoms with Crippen LogP contribution in [-0.2, 0) is 0 Å². The Labute approximate surface area is 91.2 Å². The lowest BCUT2D eigenvalue weighted by Crippen LogP contribution is -2.34. The molecule has 0 atom stereocenters. The van der Waals surface area contributed by atoms with Gasteiger partial charge in [0.25, 0.3) is 6.43 Å². The Bertz CT molecular complexity index is 496. The Morgan fingerprint density at radius 3 is 2.62 bits per heavy atom. The Morgan fingerprint density at radius 2 is 2.12 bits per heavy atom. The van der Waals surface area contributed by atoms with Crippen LogP contribution in [0.25, 0.3) is 12.7 Å². The topological polar surface area (TPSA) is 63.8 Å². The normalized spacial score (nSPS) is 12.7. The van der Waals surface area contributed by atoms with Gasteiger partial charge in [-0.05, 0) is 13.0 Å². The third-order valence-corrected chi connectivity index (χ3v) is 1.83. The van der Waals surface area contributed by atoms with E-state index in [4.69, 9.17) is 5.84 Å². The van der Waals surface area contributed by atoms with E-state index in [0.717, 1.165) is 0 Å². The van der Waals surface area contributed by atoms with Crippen LogP contribution in [0.15, 0.2) is 12.2 Å². The van der Waals surface area contributed by atoms with Crippen molar-refractivity contribution >= 4 is 18.5 Å². The fourth-order valence-electron chi connectivity index (χ4n) is 1.11. The van der Waals surface area contributed by atoms with E-state index in [2.05, 4.69) is 22.0 Å². The molecule has 0 aliphatic carbocycles. The summed E-state index contributed by atoms with van der Waals surface area (Å²) in [5.41, 5.74) is 2.25. The fourth-order valence-corrected chi connectivity index (χ4v) is 1.11. The van der Waals surface area contributed by atoms with Gasteiger partial charge in [0.15, 0.2) is 11.6 Å². The minimum atomic E-state index is -2.75. The van der Waals surface area contributed by atoms with Crippen LogP contribution in [0.3, 0.4) is 0 Å². The summed E-state index contributed by atoms with van der Waals surface area (Å²) in [4.78, 5) is 7.20. The Kier molecular flexibility index (Phi) is 4.07. The lowest BCUT2D eigenvalue weighted by molar-refractivity contribution is 0.140. The first kappa shape index (κ1) is 12.3. The highest BCUT2D eigenvalue weighted by Gasteiger charge is 2.12. The van der Waals surface area contributed by atoms with E-state index in [9.17, 15) is 8.78 Å². The van der Waals surface area contributed by atoms with Crippen LogP contribution in [0.5, 0.6) is 0 Å². The minimum Gasteiger partial charge on any atom is -0.308 e. The number of halogens is 2. The van der Waals surface area contributed by atoms with E-state index >= 15 is 0 Å². The van der Waals surface area contributed by atoms with Crippen molar-refractivity contribution in [3.05, 3.63) is 28.5 Å². The molecule has 1 rings (SSSR count). The molecule has 3 N–H and O–H groups in total. The number of nitrogens with one attached hydrogen (secondary N) is 1. The number of hydrogen-bond acceptors (Lipinski definition) is 4. The molecule has 1 heterocycles. The lowest BCUT2D eigenvalue weighted by atomic mass is 10.3. The second kappa shape index (κ2) is 5.32. The van der Waals surface area contributed by atoms with Crippen LogP contribution in [-0.4, -0.2) is 9.97 Å². The molecular formula is C10H12F2N4. The van der Waals surface area contributed by atoms with Crippen molar-refractivity contribution < 1.29 is 8.78 Å². The molecule has 0 aromatic carbocycles. The second-order valence-corrected chi connectivity index (χ2v) is 2.93. The Balaban J connectivity index is 3.47. The zero-order valence-electron chi connectivity index (χ0n) is 8.74.